The van der Waals surface area contributed by atoms with Crippen molar-refractivity contribution in [2.45, 2.75) is 6.54 Å². The third-order valence-corrected chi connectivity index (χ3v) is 3.30. The van der Waals surface area contributed by atoms with Gasteiger partial charge in [0.1, 0.15) is 18.0 Å². The van der Waals surface area contributed by atoms with E-state index in [2.05, 4.69) is 15.3 Å². The maximum atomic E-state index is 13.4. The van der Waals surface area contributed by atoms with Crippen LogP contribution in [0.5, 0.6) is 0 Å². The summed E-state index contributed by atoms with van der Waals surface area (Å²) in [6.07, 6.45) is 1.43. The third kappa shape index (κ3) is 2.85. The summed E-state index contributed by atoms with van der Waals surface area (Å²) in [4.78, 5) is 19.3. The molecule has 0 saturated carbocycles. The van der Waals surface area contributed by atoms with Crippen molar-refractivity contribution in [2.24, 2.45) is 5.73 Å². The zero-order valence-electron chi connectivity index (χ0n) is 11.6. The number of aromatic nitrogens is 2. The zero-order chi connectivity index (χ0) is 15.5. The summed E-state index contributed by atoms with van der Waals surface area (Å²) in [5.41, 5.74) is 7.28. The number of primary amides is 1. The van der Waals surface area contributed by atoms with E-state index in [4.69, 9.17) is 5.73 Å². The number of rotatable bonds is 4. The van der Waals surface area contributed by atoms with Crippen LogP contribution in [0.2, 0.25) is 0 Å². The summed E-state index contributed by atoms with van der Waals surface area (Å²) < 4.78 is 13.4. The summed E-state index contributed by atoms with van der Waals surface area (Å²) in [5, 5.41) is 3.77. The van der Waals surface area contributed by atoms with Crippen LogP contribution in [0.15, 0.2) is 48.8 Å². The fraction of sp³-hybridized carbons (Fsp3) is 0.0625. The second-order valence-corrected chi connectivity index (χ2v) is 4.80. The van der Waals surface area contributed by atoms with Crippen LogP contribution in [0.4, 0.5) is 10.2 Å². The lowest BCUT2D eigenvalue weighted by molar-refractivity contribution is 0.100. The van der Waals surface area contributed by atoms with Crippen LogP contribution < -0.4 is 11.1 Å². The quantitative estimate of drug-likeness (QED) is 0.775. The van der Waals surface area contributed by atoms with E-state index in [-0.39, 0.29) is 5.82 Å². The monoisotopic (exact) mass is 296 g/mol. The van der Waals surface area contributed by atoms with E-state index in [9.17, 15) is 9.18 Å². The van der Waals surface area contributed by atoms with Gasteiger partial charge in [-0.3, -0.25) is 4.79 Å². The third-order valence-electron chi connectivity index (χ3n) is 3.30. The van der Waals surface area contributed by atoms with Crippen LogP contribution in [0.25, 0.3) is 10.9 Å². The molecule has 5 nitrogen and oxygen atoms in total. The van der Waals surface area contributed by atoms with Crippen molar-refractivity contribution in [2.75, 3.05) is 5.32 Å². The van der Waals surface area contributed by atoms with Crippen LogP contribution >= 0.6 is 0 Å². The van der Waals surface area contributed by atoms with Crippen LogP contribution in [0.3, 0.4) is 0 Å². The highest BCUT2D eigenvalue weighted by Gasteiger charge is 2.05. The molecule has 0 bridgehead atoms. The molecular weight excluding hydrogens is 283 g/mol. The Labute approximate surface area is 126 Å². The van der Waals surface area contributed by atoms with Gasteiger partial charge in [0.25, 0.3) is 0 Å². The molecule has 6 heteroatoms. The number of carbonyl (C=O) groups is 1. The lowest BCUT2D eigenvalue weighted by Crippen LogP contribution is -2.11. The van der Waals surface area contributed by atoms with E-state index >= 15 is 0 Å². The highest BCUT2D eigenvalue weighted by molar-refractivity contribution is 5.92. The van der Waals surface area contributed by atoms with Gasteiger partial charge in [-0.2, -0.15) is 0 Å². The summed E-state index contributed by atoms with van der Waals surface area (Å²) in [5.74, 6) is -0.239. The second-order valence-electron chi connectivity index (χ2n) is 4.80. The molecule has 0 spiro atoms. The first-order valence-electron chi connectivity index (χ1n) is 6.66. The Kier molecular flexibility index (Phi) is 3.65. The number of benzene rings is 2. The van der Waals surface area contributed by atoms with Crippen LogP contribution in [0.1, 0.15) is 15.9 Å². The molecule has 0 aliphatic rings. The molecule has 1 aromatic heterocycles. The number of amides is 1. The molecule has 1 amide bonds. The molecular formula is C16H13FN4O. The molecule has 110 valence electrons. The molecule has 3 rings (SSSR count). The average molecular weight is 296 g/mol. The van der Waals surface area contributed by atoms with Crippen molar-refractivity contribution in [3.05, 3.63) is 65.7 Å². The van der Waals surface area contributed by atoms with Crippen molar-refractivity contribution in [1.82, 2.24) is 9.97 Å². The lowest BCUT2D eigenvalue weighted by atomic mass is 10.1. The molecule has 2 aromatic carbocycles. The minimum atomic E-state index is -0.461. The van der Waals surface area contributed by atoms with Crippen molar-refractivity contribution in [1.29, 1.82) is 0 Å². The second kappa shape index (κ2) is 5.77. The predicted octanol–water partition coefficient (Wildman–Crippen LogP) is 2.48. The topological polar surface area (TPSA) is 80.9 Å². The summed E-state index contributed by atoms with van der Waals surface area (Å²) >= 11 is 0. The molecule has 0 aliphatic heterocycles. The largest absolute Gasteiger partial charge is 0.366 e. The van der Waals surface area contributed by atoms with Gasteiger partial charge in [0, 0.05) is 17.5 Å². The minimum Gasteiger partial charge on any atom is -0.366 e. The van der Waals surface area contributed by atoms with Crippen LogP contribution in [-0.2, 0) is 6.54 Å². The maximum absolute atomic E-state index is 13.4. The van der Waals surface area contributed by atoms with Gasteiger partial charge in [-0.1, -0.05) is 12.1 Å². The van der Waals surface area contributed by atoms with Gasteiger partial charge in [-0.25, -0.2) is 14.4 Å². The van der Waals surface area contributed by atoms with Gasteiger partial charge in [-0.15, -0.1) is 0 Å². The van der Waals surface area contributed by atoms with E-state index in [0.29, 0.717) is 28.8 Å². The van der Waals surface area contributed by atoms with Gasteiger partial charge >= 0.3 is 0 Å². The van der Waals surface area contributed by atoms with Crippen molar-refractivity contribution in [3.8, 4) is 0 Å². The first-order chi connectivity index (χ1) is 10.6. The van der Waals surface area contributed by atoms with Gasteiger partial charge in [0.05, 0.1) is 5.52 Å². The standard InChI is InChI=1S/C16H13FN4O/c17-12-5-6-14-13(7-12)16(21-9-20-14)19-8-10-1-3-11(4-2-10)15(18)22/h1-7,9H,8H2,(H2,18,22)(H,19,20,21). The molecule has 0 aliphatic carbocycles. The number of hydrogen-bond acceptors (Lipinski definition) is 4. The molecule has 0 radical (unpaired) electrons. The first kappa shape index (κ1) is 13.9. The molecule has 0 fully saturated rings. The fourth-order valence-corrected chi connectivity index (χ4v) is 2.14. The first-order valence-corrected chi connectivity index (χ1v) is 6.66. The smallest absolute Gasteiger partial charge is 0.248 e. The van der Waals surface area contributed by atoms with Gasteiger partial charge in [0.2, 0.25) is 5.91 Å². The Balaban J connectivity index is 1.81. The molecule has 0 atom stereocenters. The summed E-state index contributed by atoms with van der Waals surface area (Å²) in [7, 11) is 0. The van der Waals surface area contributed by atoms with E-state index in [0.717, 1.165) is 5.56 Å². The number of fused-ring (bicyclic) bond motifs is 1. The molecule has 0 unspecified atom stereocenters. The molecule has 22 heavy (non-hydrogen) atoms. The predicted molar refractivity (Wildman–Crippen MR) is 81.8 cm³/mol. The number of nitrogens with zero attached hydrogens (tertiary/aromatic N) is 2. The average Bonchev–Trinajstić information content (AvgIpc) is 2.53. The van der Waals surface area contributed by atoms with Gasteiger partial charge < -0.3 is 11.1 Å². The lowest BCUT2D eigenvalue weighted by Gasteiger charge is -2.08. The number of nitrogens with one attached hydrogen (secondary N) is 1. The Morgan fingerprint density at radius 3 is 2.64 bits per heavy atom. The number of nitrogens with two attached hydrogens (primary N) is 1. The van der Waals surface area contributed by atoms with Crippen LogP contribution in [0, 0.1) is 5.82 Å². The van der Waals surface area contributed by atoms with Crippen LogP contribution in [-0.4, -0.2) is 15.9 Å². The minimum absolute atomic E-state index is 0.337. The highest BCUT2D eigenvalue weighted by atomic mass is 19.1. The van der Waals surface area contributed by atoms with Crippen molar-refractivity contribution in [3.63, 3.8) is 0 Å². The molecule has 1 heterocycles. The molecule has 0 saturated heterocycles. The Bertz CT molecular complexity index is 833. The molecule has 3 N–H and O–H groups in total. The summed E-state index contributed by atoms with van der Waals surface area (Å²) in [6, 6.07) is 11.3. The maximum Gasteiger partial charge on any atom is 0.248 e. The van der Waals surface area contributed by atoms with E-state index in [1.807, 2.05) is 0 Å². The normalized spacial score (nSPS) is 10.6. The number of carbonyl (C=O) groups excluding carboxylic acids is 1. The highest BCUT2D eigenvalue weighted by Crippen LogP contribution is 2.20. The van der Waals surface area contributed by atoms with Crippen molar-refractivity contribution >= 4 is 22.6 Å². The summed E-state index contributed by atoms with van der Waals surface area (Å²) in [6.45, 7) is 0.488. The Morgan fingerprint density at radius 1 is 1.14 bits per heavy atom. The van der Waals surface area contributed by atoms with E-state index in [1.165, 1.54) is 18.5 Å². The van der Waals surface area contributed by atoms with Crippen molar-refractivity contribution < 1.29 is 9.18 Å². The SMILES string of the molecule is NC(=O)c1ccc(CNc2ncnc3ccc(F)cc23)cc1. The number of anilines is 1. The zero-order valence-corrected chi connectivity index (χ0v) is 11.6. The van der Waals surface area contributed by atoms with E-state index in [1.54, 1.807) is 30.3 Å². The van der Waals surface area contributed by atoms with Gasteiger partial charge in [-0.05, 0) is 35.9 Å². The van der Waals surface area contributed by atoms with Gasteiger partial charge in [0.15, 0.2) is 0 Å². The Morgan fingerprint density at radius 2 is 1.91 bits per heavy atom. The Hall–Kier alpha value is -3.02. The van der Waals surface area contributed by atoms with E-state index < -0.39 is 5.91 Å². The fourth-order valence-electron chi connectivity index (χ4n) is 2.14. The number of halogens is 1. The number of hydrogen-bond donors (Lipinski definition) is 2. The molecule has 3 aromatic rings.